The van der Waals surface area contributed by atoms with Gasteiger partial charge in [-0.25, -0.2) is 9.37 Å². The molecule has 1 heterocycles. The summed E-state index contributed by atoms with van der Waals surface area (Å²) in [6, 6.07) is 9.47. The molecule has 2 aromatic carbocycles. The molecule has 0 spiro atoms. The smallest absolute Gasteiger partial charge is 0.262 e. The molecule has 0 saturated carbocycles. The van der Waals surface area contributed by atoms with E-state index in [1.54, 1.807) is 48.7 Å². The number of halogens is 2. The van der Waals surface area contributed by atoms with Gasteiger partial charge >= 0.3 is 0 Å². The first-order chi connectivity index (χ1) is 15.3. The Morgan fingerprint density at radius 3 is 2.81 bits per heavy atom. The molecule has 1 aromatic heterocycles. The lowest BCUT2D eigenvalue weighted by Crippen LogP contribution is -2.27. The normalized spacial score (nSPS) is 12.2. The van der Waals surface area contributed by atoms with Crippen LogP contribution >= 0.6 is 23.4 Å². The summed E-state index contributed by atoms with van der Waals surface area (Å²) < 4.78 is 20.8. The molecule has 1 unspecified atom stereocenters. The number of carbonyl (C=O) groups is 1. The fourth-order valence-electron chi connectivity index (χ4n) is 3.06. The molecule has 0 aliphatic carbocycles. The maximum absolute atomic E-state index is 13.8. The molecular weight excluding hydrogens is 453 g/mol. The van der Waals surface area contributed by atoms with Crippen LogP contribution in [0, 0.1) is 12.7 Å². The summed E-state index contributed by atoms with van der Waals surface area (Å²) in [5, 5.41) is 3.48. The van der Waals surface area contributed by atoms with Gasteiger partial charge in [0.25, 0.3) is 5.56 Å². The summed E-state index contributed by atoms with van der Waals surface area (Å²) in [5.74, 6) is -0.709. The maximum Gasteiger partial charge on any atom is 0.262 e. The molecular formula is C23H25ClFN3O3S. The number of aryl methyl sites for hydroxylation is 1. The van der Waals surface area contributed by atoms with Crippen molar-refractivity contribution in [1.29, 1.82) is 0 Å². The number of carbonyl (C=O) groups excluding carboxylic acids is 1. The fourth-order valence-corrected chi connectivity index (χ4v) is 4.16. The third kappa shape index (κ3) is 5.88. The number of hydrogen-bond acceptors (Lipinski definition) is 5. The third-order valence-electron chi connectivity index (χ3n) is 4.85. The molecule has 170 valence electrons. The van der Waals surface area contributed by atoms with Gasteiger partial charge < -0.3 is 10.1 Å². The zero-order chi connectivity index (χ0) is 23.3. The number of aromatic nitrogens is 2. The minimum absolute atomic E-state index is 0.195. The monoisotopic (exact) mass is 477 g/mol. The van der Waals surface area contributed by atoms with Crippen LogP contribution in [0.15, 0.2) is 46.3 Å². The first kappa shape index (κ1) is 24.2. The highest BCUT2D eigenvalue weighted by Crippen LogP contribution is 2.25. The molecule has 0 bridgehead atoms. The number of ether oxygens (including phenoxy) is 1. The van der Waals surface area contributed by atoms with E-state index in [0.717, 1.165) is 0 Å². The van der Waals surface area contributed by atoms with E-state index in [1.807, 2.05) is 6.92 Å². The molecule has 0 radical (unpaired) electrons. The van der Waals surface area contributed by atoms with Crippen LogP contribution in [0.4, 0.5) is 10.1 Å². The number of thioether (sulfide) groups is 1. The minimum Gasteiger partial charge on any atom is -0.382 e. The van der Waals surface area contributed by atoms with Crippen LogP contribution in [-0.4, -0.2) is 33.9 Å². The van der Waals surface area contributed by atoms with Gasteiger partial charge in [-0.15, -0.1) is 0 Å². The van der Waals surface area contributed by atoms with E-state index in [9.17, 15) is 14.0 Å². The molecule has 1 atom stereocenters. The summed E-state index contributed by atoms with van der Waals surface area (Å²) in [7, 11) is 0. The van der Waals surface area contributed by atoms with Gasteiger partial charge in [0.15, 0.2) is 5.16 Å². The standard InChI is InChI=1S/C23H25ClFN3O3S/c1-4-31-11-5-10-28-22(30)18-9-7-16(24)12-20(18)27-23(28)32-15(3)21(29)26-17-8-6-14(2)19(25)13-17/h6-9,12-13,15H,4-5,10-11H2,1-3H3,(H,26,29). The lowest BCUT2D eigenvalue weighted by molar-refractivity contribution is -0.115. The summed E-state index contributed by atoms with van der Waals surface area (Å²) in [4.78, 5) is 30.4. The fraction of sp³-hybridized carbons (Fsp3) is 0.348. The van der Waals surface area contributed by atoms with Crippen LogP contribution in [0.25, 0.3) is 10.9 Å². The van der Waals surface area contributed by atoms with Gasteiger partial charge in [-0.3, -0.25) is 14.2 Å². The van der Waals surface area contributed by atoms with Crippen molar-refractivity contribution >= 4 is 45.9 Å². The number of hydrogen-bond donors (Lipinski definition) is 1. The number of benzene rings is 2. The van der Waals surface area contributed by atoms with Crippen molar-refractivity contribution in [3.8, 4) is 0 Å². The van der Waals surface area contributed by atoms with Crippen LogP contribution < -0.4 is 10.9 Å². The quantitative estimate of drug-likeness (QED) is 0.265. The molecule has 3 aromatic rings. The Bertz CT molecular complexity index is 1190. The van der Waals surface area contributed by atoms with Crippen LogP contribution in [0.1, 0.15) is 25.8 Å². The van der Waals surface area contributed by atoms with Crippen molar-refractivity contribution in [3.63, 3.8) is 0 Å². The van der Waals surface area contributed by atoms with Gasteiger partial charge in [0.1, 0.15) is 5.82 Å². The van der Waals surface area contributed by atoms with Gasteiger partial charge in [-0.05, 0) is 63.1 Å². The first-order valence-corrected chi connectivity index (χ1v) is 11.6. The average Bonchev–Trinajstić information content (AvgIpc) is 2.75. The van der Waals surface area contributed by atoms with Gasteiger partial charge in [0.2, 0.25) is 5.91 Å². The Hall–Kier alpha value is -2.42. The Kier molecular flexibility index (Phi) is 8.28. The SMILES string of the molecule is CCOCCCn1c(SC(C)C(=O)Nc2ccc(C)c(F)c2)nc2cc(Cl)ccc2c1=O. The van der Waals surface area contributed by atoms with E-state index in [2.05, 4.69) is 10.3 Å². The largest absolute Gasteiger partial charge is 0.382 e. The van der Waals surface area contributed by atoms with Crippen molar-refractivity contribution in [2.45, 2.75) is 44.1 Å². The summed E-state index contributed by atoms with van der Waals surface area (Å²) in [6.45, 7) is 6.80. The highest BCUT2D eigenvalue weighted by molar-refractivity contribution is 8.00. The van der Waals surface area contributed by atoms with Crippen molar-refractivity contribution in [1.82, 2.24) is 9.55 Å². The highest BCUT2D eigenvalue weighted by atomic mass is 35.5. The zero-order valence-electron chi connectivity index (χ0n) is 18.2. The van der Waals surface area contributed by atoms with E-state index >= 15 is 0 Å². The Morgan fingerprint density at radius 2 is 2.09 bits per heavy atom. The Balaban J connectivity index is 1.86. The van der Waals surface area contributed by atoms with Crippen molar-refractivity contribution in [2.75, 3.05) is 18.5 Å². The van der Waals surface area contributed by atoms with Gasteiger partial charge in [-0.2, -0.15) is 0 Å². The summed E-state index contributed by atoms with van der Waals surface area (Å²) in [6.07, 6.45) is 0.630. The van der Waals surface area contributed by atoms with Crippen molar-refractivity contribution in [2.24, 2.45) is 0 Å². The van der Waals surface area contributed by atoms with E-state index in [4.69, 9.17) is 16.3 Å². The second kappa shape index (κ2) is 10.9. The molecule has 1 N–H and O–H groups in total. The molecule has 3 rings (SSSR count). The van der Waals surface area contributed by atoms with E-state index in [1.165, 1.54) is 17.8 Å². The molecule has 32 heavy (non-hydrogen) atoms. The summed E-state index contributed by atoms with van der Waals surface area (Å²) in [5.41, 5.74) is 1.15. The Morgan fingerprint density at radius 1 is 1.31 bits per heavy atom. The van der Waals surface area contributed by atoms with Crippen molar-refractivity contribution < 1.29 is 13.9 Å². The van der Waals surface area contributed by atoms with Gasteiger partial charge in [0, 0.05) is 30.5 Å². The first-order valence-electron chi connectivity index (χ1n) is 10.3. The molecule has 0 saturated heterocycles. The van der Waals surface area contributed by atoms with Crippen LogP contribution in [-0.2, 0) is 16.1 Å². The number of nitrogens with zero attached hydrogens (tertiary/aromatic N) is 2. The molecule has 9 heteroatoms. The van der Waals surface area contributed by atoms with Crippen molar-refractivity contribution in [3.05, 3.63) is 63.2 Å². The van der Waals surface area contributed by atoms with Crippen LogP contribution in [0.3, 0.4) is 0 Å². The number of nitrogens with one attached hydrogen (secondary N) is 1. The number of anilines is 1. The van der Waals surface area contributed by atoms with E-state index < -0.39 is 5.25 Å². The molecule has 6 nitrogen and oxygen atoms in total. The van der Waals surface area contributed by atoms with E-state index in [0.29, 0.717) is 58.5 Å². The van der Waals surface area contributed by atoms with Gasteiger partial charge in [-0.1, -0.05) is 29.4 Å². The highest BCUT2D eigenvalue weighted by Gasteiger charge is 2.20. The average molecular weight is 478 g/mol. The van der Waals surface area contributed by atoms with Gasteiger partial charge in [0.05, 0.1) is 16.2 Å². The molecule has 0 fully saturated rings. The molecule has 1 amide bonds. The second-order valence-corrected chi connectivity index (χ2v) is 9.02. The number of rotatable bonds is 9. The lowest BCUT2D eigenvalue weighted by Gasteiger charge is -2.16. The minimum atomic E-state index is -0.582. The third-order valence-corrected chi connectivity index (χ3v) is 6.17. The zero-order valence-corrected chi connectivity index (χ0v) is 19.7. The summed E-state index contributed by atoms with van der Waals surface area (Å²) >= 11 is 7.25. The second-order valence-electron chi connectivity index (χ2n) is 7.28. The lowest BCUT2D eigenvalue weighted by atomic mass is 10.2. The molecule has 0 aliphatic heterocycles. The maximum atomic E-state index is 13.8. The Labute approximate surface area is 195 Å². The number of fused-ring (bicyclic) bond motifs is 1. The van der Waals surface area contributed by atoms with E-state index in [-0.39, 0.29) is 17.3 Å². The predicted molar refractivity (Wildman–Crippen MR) is 127 cm³/mol. The predicted octanol–water partition coefficient (Wildman–Crippen LogP) is 5.04. The topological polar surface area (TPSA) is 73.2 Å². The van der Waals surface area contributed by atoms with Crippen LogP contribution in [0.5, 0.6) is 0 Å². The molecule has 0 aliphatic rings. The number of amides is 1. The van der Waals surface area contributed by atoms with Crippen LogP contribution in [0.2, 0.25) is 5.02 Å².